The van der Waals surface area contributed by atoms with Crippen LogP contribution < -0.4 is 10.6 Å². The first-order valence-corrected chi connectivity index (χ1v) is 7.91. The molecule has 1 heterocycles. The molecule has 0 aromatic heterocycles. The summed E-state index contributed by atoms with van der Waals surface area (Å²) in [6.45, 7) is 5.42. The summed E-state index contributed by atoms with van der Waals surface area (Å²) in [7, 11) is 0. The Balaban J connectivity index is 0.00000242. The predicted molar refractivity (Wildman–Crippen MR) is 86.6 cm³/mol. The summed E-state index contributed by atoms with van der Waals surface area (Å²) >= 11 is 1.20. The highest BCUT2D eigenvalue weighted by Crippen LogP contribution is 2.19. The van der Waals surface area contributed by atoms with Crippen molar-refractivity contribution in [1.29, 1.82) is 0 Å². The van der Waals surface area contributed by atoms with Crippen LogP contribution in [0.3, 0.4) is 0 Å². The van der Waals surface area contributed by atoms with Gasteiger partial charge in [-0.2, -0.15) is 0 Å². The van der Waals surface area contributed by atoms with Crippen LogP contribution >= 0.6 is 24.2 Å². The van der Waals surface area contributed by atoms with Crippen LogP contribution in [0.25, 0.3) is 0 Å². The van der Waals surface area contributed by atoms with Crippen molar-refractivity contribution in [2.45, 2.75) is 4.90 Å². The number of thioether (sulfide) groups is 1. The van der Waals surface area contributed by atoms with Crippen molar-refractivity contribution in [3.8, 4) is 0 Å². The van der Waals surface area contributed by atoms with Crippen LogP contribution in [0.2, 0.25) is 0 Å². The van der Waals surface area contributed by atoms with Gasteiger partial charge in [-0.1, -0.05) is 0 Å². The molecule has 1 saturated heterocycles. The first kappa shape index (κ1) is 19.2. The van der Waals surface area contributed by atoms with Gasteiger partial charge in [0.05, 0.1) is 5.75 Å². The molecule has 22 heavy (non-hydrogen) atoms. The van der Waals surface area contributed by atoms with E-state index < -0.39 is 11.6 Å². The maximum atomic E-state index is 13.0. The van der Waals surface area contributed by atoms with Crippen molar-refractivity contribution in [3.05, 3.63) is 29.8 Å². The largest absolute Gasteiger partial charge is 0.354 e. The fraction of sp³-hybridized carbons (Fsp3) is 0.500. The third kappa shape index (κ3) is 6.48. The van der Waals surface area contributed by atoms with Crippen LogP contribution in [0.5, 0.6) is 0 Å². The summed E-state index contributed by atoms with van der Waals surface area (Å²) in [6, 6.07) is 3.64. The van der Waals surface area contributed by atoms with Gasteiger partial charge in [-0.3, -0.25) is 9.69 Å². The number of amides is 1. The average molecular weight is 352 g/mol. The molecule has 0 unspecified atom stereocenters. The number of carbonyl (C=O) groups is 1. The van der Waals surface area contributed by atoms with E-state index in [1.165, 1.54) is 17.8 Å². The summed E-state index contributed by atoms with van der Waals surface area (Å²) in [5.41, 5.74) is 0. The van der Waals surface area contributed by atoms with Gasteiger partial charge in [-0.05, 0) is 18.2 Å². The molecule has 1 amide bonds. The van der Waals surface area contributed by atoms with Crippen LogP contribution in [-0.4, -0.2) is 55.8 Å². The molecule has 4 nitrogen and oxygen atoms in total. The molecule has 8 heteroatoms. The summed E-state index contributed by atoms with van der Waals surface area (Å²) in [5, 5.41) is 6.11. The molecule has 0 saturated carbocycles. The Bertz CT molecular complexity index is 487. The van der Waals surface area contributed by atoms with Gasteiger partial charge in [0.25, 0.3) is 0 Å². The number of rotatable bonds is 6. The van der Waals surface area contributed by atoms with Gasteiger partial charge in [-0.15, -0.1) is 24.2 Å². The Morgan fingerprint density at radius 2 is 2.00 bits per heavy atom. The lowest BCUT2D eigenvalue weighted by Gasteiger charge is -2.27. The molecule has 2 rings (SSSR count). The number of piperazine rings is 1. The smallest absolute Gasteiger partial charge is 0.230 e. The normalized spacial score (nSPS) is 15.2. The van der Waals surface area contributed by atoms with Gasteiger partial charge < -0.3 is 10.6 Å². The topological polar surface area (TPSA) is 44.4 Å². The summed E-state index contributed by atoms with van der Waals surface area (Å²) in [6.07, 6.45) is 0. The molecule has 1 fully saturated rings. The Hall–Kier alpha value is -0.890. The Morgan fingerprint density at radius 3 is 2.68 bits per heavy atom. The zero-order valence-corrected chi connectivity index (χ0v) is 13.7. The van der Waals surface area contributed by atoms with Gasteiger partial charge in [0.1, 0.15) is 0 Å². The van der Waals surface area contributed by atoms with Gasteiger partial charge >= 0.3 is 0 Å². The van der Waals surface area contributed by atoms with Crippen LogP contribution in [0.1, 0.15) is 0 Å². The first-order valence-electron chi connectivity index (χ1n) is 6.93. The maximum absolute atomic E-state index is 13.0. The zero-order chi connectivity index (χ0) is 15.1. The number of benzene rings is 1. The van der Waals surface area contributed by atoms with E-state index in [0.29, 0.717) is 11.4 Å². The second-order valence-electron chi connectivity index (χ2n) is 4.81. The van der Waals surface area contributed by atoms with Gasteiger partial charge in [-0.25, -0.2) is 8.78 Å². The Labute approximate surface area is 139 Å². The summed E-state index contributed by atoms with van der Waals surface area (Å²) in [4.78, 5) is 14.5. The van der Waals surface area contributed by atoms with E-state index in [1.807, 2.05) is 0 Å². The fourth-order valence-corrected chi connectivity index (χ4v) is 2.81. The van der Waals surface area contributed by atoms with Crippen LogP contribution in [0.15, 0.2) is 23.1 Å². The van der Waals surface area contributed by atoms with Crippen LogP contribution in [0, 0.1) is 11.6 Å². The number of halogens is 3. The molecule has 0 radical (unpaired) electrons. The molecular formula is C14H20ClF2N3OS. The second-order valence-corrected chi connectivity index (χ2v) is 5.85. The minimum atomic E-state index is -0.890. The quantitative estimate of drug-likeness (QED) is 0.762. The van der Waals surface area contributed by atoms with E-state index >= 15 is 0 Å². The number of nitrogens with zero attached hydrogens (tertiary/aromatic N) is 1. The van der Waals surface area contributed by atoms with E-state index in [2.05, 4.69) is 15.5 Å². The van der Waals surface area contributed by atoms with E-state index in [9.17, 15) is 13.6 Å². The minimum absolute atomic E-state index is 0. The van der Waals surface area contributed by atoms with Crippen LogP contribution in [0.4, 0.5) is 8.78 Å². The Morgan fingerprint density at radius 1 is 1.27 bits per heavy atom. The molecule has 2 N–H and O–H groups in total. The first-order chi connectivity index (χ1) is 10.1. The van der Waals surface area contributed by atoms with Crippen molar-refractivity contribution in [2.24, 2.45) is 0 Å². The third-order valence-electron chi connectivity index (χ3n) is 3.22. The lowest BCUT2D eigenvalue weighted by Crippen LogP contribution is -2.46. The van der Waals surface area contributed by atoms with E-state index in [0.717, 1.165) is 44.9 Å². The maximum Gasteiger partial charge on any atom is 0.230 e. The summed E-state index contributed by atoms with van der Waals surface area (Å²) in [5.74, 6) is -1.66. The SMILES string of the molecule is Cl.O=C(CSc1ccc(F)c(F)c1)NCCN1CCNCC1. The highest BCUT2D eigenvalue weighted by molar-refractivity contribution is 8.00. The van der Waals surface area contributed by atoms with Gasteiger partial charge in [0.2, 0.25) is 5.91 Å². The molecule has 0 atom stereocenters. The van der Waals surface area contributed by atoms with Crippen LogP contribution in [-0.2, 0) is 4.79 Å². The zero-order valence-electron chi connectivity index (χ0n) is 12.1. The molecule has 1 aromatic carbocycles. The molecule has 0 bridgehead atoms. The number of hydrogen-bond acceptors (Lipinski definition) is 4. The summed E-state index contributed by atoms with van der Waals surface area (Å²) < 4.78 is 25.8. The van der Waals surface area contributed by atoms with Crippen molar-refractivity contribution in [3.63, 3.8) is 0 Å². The number of carbonyl (C=O) groups excluding carboxylic acids is 1. The molecule has 0 aliphatic carbocycles. The van der Waals surface area contributed by atoms with Crippen molar-refractivity contribution >= 4 is 30.1 Å². The third-order valence-corrected chi connectivity index (χ3v) is 4.21. The number of hydrogen-bond donors (Lipinski definition) is 2. The van der Waals surface area contributed by atoms with Gasteiger partial charge in [0.15, 0.2) is 11.6 Å². The molecule has 1 aromatic rings. The Kier molecular flexibility index (Phi) is 8.70. The average Bonchev–Trinajstić information content (AvgIpc) is 2.49. The number of nitrogens with one attached hydrogen (secondary N) is 2. The van der Waals surface area contributed by atoms with E-state index in [4.69, 9.17) is 0 Å². The lowest BCUT2D eigenvalue weighted by atomic mass is 10.3. The van der Waals surface area contributed by atoms with Crippen molar-refractivity contribution < 1.29 is 13.6 Å². The van der Waals surface area contributed by atoms with Crippen molar-refractivity contribution in [2.75, 3.05) is 45.0 Å². The standard InChI is InChI=1S/C14H19F2N3OS.ClH/c15-12-2-1-11(9-13(12)16)21-10-14(20)18-5-8-19-6-3-17-4-7-19;/h1-2,9,17H,3-8,10H2,(H,18,20);1H. The molecular weight excluding hydrogens is 332 g/mol. The van der Waals surface area contributed by atoms with Crippen molar-refractivity contribution in [1.82, 2.24) is 15.5 Å². The molecule has 1 aliphatic heterocycles. The van der Waals surface area contributed by atoms with E-state index in [-0.39, 0.29) is 24.1 Å². The molecule has 1 aliphatic rings. The molecule has 124 valence electrons. The monoisotopic (exact) mass is 351 g/mol. The predicted octanol–water partition coefficient (Wildman–Crippen LogP) is 1.50. The molecule has 0 spiro atoms. The fourth-order valence-electron chi connectivity index (χ4n) is 2.05. The highest BCUT2D eigenvalue weighted by Gasteiger charge is 2.10. The van der Waals surface area contributed by atoms with E-state index in [1.54, 1.807) is 0 Å². The highest BCUT2D eigenvalue weighted by atomic mass is 35.5. The minimum Gasteiger partial charge on any atom is -0.354 e. The lowest BCUT2D eigenvalue weighted by molar-refractivity contribution is -0.118. The van der Waals surface area contributed by atoms with Gasteiger partial charge in [0, 0.05) is 44.2 Å². The second kappa shape index (κ2) is 9.99.